The summed E-state index contributed by atoms with van der Waals surface area (Å²) >= 11 is 1.19. The predicted molar refractivity (Wildman–Crippen MR) is 105 cm³/mol. The Morgan fingerprint density at radius 3 is 2.78 bits per heavy atom. The molecule has 0 bridgehead atoms. The van der Waals surface area contributed by atoms with E-state index in [2.05, 4.69) is 15.5 Å². The third-order valence-corrected chi connectivity index (χ3v) is 4.80. The van der Waals surface area contributed by atoms with Gasteiger partial charge in [0.25, 0.3) is 11.1 Å². The standard InChI is InChI=1S/C20H21N3O3S/c1-13-6-4-8-16(10-13)21-18(24)12-27-20-23-22-19(26-20)11-25-17-9-5-7-14(2)15(17)3/h4-10H,11-12H2,1-3H3,(H,21,24). The number of amides is 1. The second-order valence-corrected chi connectivity index (χ2v) is 7.08. The van der Waals surface area contributed by atoms with E-state index in [0.717, 1.165) is 28.1 Å². The molecule has 1 amide bonds. The van der Waals surface area contributed by atoms with Gasteiger partial charge < -0.3 is 14.5 Å². The van der Waals surface area contributed by atoms with Gasteiger partial charge in [-0.3, -0.25) is 4.79 Å². The van der Waals surface area contributed by atoms with E-state index in [4.69, 9.17) is 9.15 Å². The van der Waals surface area contributed by atoms with E-state index in [1.165, 1.54) is 11.8 Å². The Labute approximate surface area is 162 Å². The van der Waals surface area contributed by atoms with E-state index >= 15 is 0 Å². The van der Waals surface area contributed by atoms with E-state index in [-0.39, 0.29) is 18.3 Å². The second-order valence-electron chi connectivity index (χ2n) is 6.15. The van der Waals surface area contributed by atoms with Gasteiger partial charge in [0.2, 0.25) is 5.91 Å². The molecule has 0 saturated carbocycles. The first kappa shape index (κ1) is 19.0. The Bertz CT molecular complexity index is 940. The van der Waals surface area contributed by atoms with Gasteiger partial charge in [0.1, 0.15) is 5.75 Å². The highest BCUT2D eigenvalue weighted by Gasteiger charge is 2.11. The van der Waals surface area contributed by atoms with Gasteiger partial charge in [-0.25, -0.2) is 0 Å². The topological polar surface area (TPSA) is 77.2 Å². The fraction of sp³-hybridized carbons (Fsp3) is 0.250. The van der Waals surface area contributed by atoms with Crippen molar-refractivity contribution in [2.75, 3.05) is 11.1 Å². The van der Waals surface area contributed by atoms with Crippen LogP contribution in [0.3, 0.4) is 0 Å². The number of aromatic nitrogens is 2. The van der Waals surface area contributed by atoms with Crippen LogP contribution in [0.15, 0.2) is 52.1 Å². The minimum absolute atomic E-state index is 0.128. The van der Waals surface area contributed by atoms with E-state index in [0.29, 0.717) is 11.1 Å². The molecule has 1 N–H and O–H groups in total. The van der Waals surface area contributed by atoms with Crippen LogP contribution in [0.5, 0.6) is 5.75 Å². The molecule has 0 saturated heterocycles. The van der Waals surface area contributed by atoms with Crippen molar-refractivity contribution in [2.24, 2.45) is 0 Å². The maximum absolute atomic E-state index is 12.0. The molecule has 0 aliphatic carbocycles. The fourth-order valence-corrected chi connectivity index (χ4v) is 3.00. The predicted octanol–water partition coefficient (Wildman–Crippen LogP) is 4.30. The maximum atomic E-state index is 12.0. The van der Waals surface area contributed by atoms with Crippen LogP contribution in [0.4, 0.5) is 5.69 Å². The first-order valence-electron chi connectivity index (χ1n) is 8.52. The number of rotatable bonds is 7. The Kier molecular flexibility index (Phi) is 6.13. The molecular weight excluding hydrogens is 362 g/mol. The normalized spacial score (nSPS) is 10.6. The lowest BCUT2D eigenvalue weighted by atomic mass is 10.1. The molecule has 0 radical (unpaired) electrons. The number of benzene rings is 2. The number of carbonyl (C=O) groups excluding carboxylic acids is 1. The molecule has 0 unspecified atom stereocenters. The number of aryl methyl sites for hydroxylation is 2. The van der Waals surface area contributed by atoms with E-state index in [9.17, 15) is 4.79 Å². The summed E-state index contributed by atoms with van der Waals surface area (Å²) in [6.07, 6.45) is 0. The van der Waals surface area contributed by atoms with Crippen LogP contribution in [-0.2, 0) is 11.4 Å². The van der Waals surface area contributed by atoms with Gasteiger partial charge >= 0.3 is 0 Å². The van der Waals surface area contributed by atoms with Crippen molar-refractivity contribution >= 4 is 23.4 Å². The first-order chi connectivity index (χ1) is 13.0. The summed E-state index contributed by atoms with van der Waals surface area (Å²) in [5.74, 6) is 1.22. The molecule has 0 fully saturated rings. The van der Waals surface area contributed by atoms with Gasteiger partial charge in [-0.1, -0.05) is 36.0 Å². The van der Waals surface area contributed by atoms with Crippen LogP contribution in [-0.4, -0.2) is 21.9 Å². The highest BCUT2D eigenvalue weighted by atomic mass is 32.2. The molecule has 0 aliphatic heterocycles. The average molecular weight is 383 g/mol. The van der Waals surface area contributed by atoms with Crippen molar-refractivity contribution in [1.82, 2.24) is 10.2 Å². The number of hydrogen-bond acceptors (Lipinski definition) is 6. The van der Waals surface area contributed by atoms with Gasteiger partial charge in [0.15, 0.2) is 6.61 Å². The fourth-order valence-electron chi connectivity index (χ4n) is 2.42. The van der Waals surface area contributed by atoms with Crippen molar-refractivity contribution in [3.05, 3.63) is 65.0 Å². The van der Waals surface area contributed by atoms with Crippen LogP contribution in [0, 0.1) is 20.8 Å². The van der Waals surface area contributed by atoms with Crippen molar-refractivity contribution in [1.29, 1.82) is 0 Å². The SMILES string of the molecule is Cc1cccc(NC(=O)CSc2nnc(COc3cccc(C)c3C)o2)c1. The zero-order valence-corrected chi connectivity index (χ0v) is 16.3. The molecule has 1 aromatic heterocycles. The summed E-state index contributed by atoms with van der Waals surface area (Å²) < 4.78 is 11.3. The molecular formula is C20H21N3O3S. The number of thioether (sulfide) groups is 1. The number of nitrogens with zero attached hydrogens (tertiary/aromatic N) is 2. The van der Waals surface area contributed by atoms with Crippen LogP contribution in [0.25, 0.3) is 0 Å². The molecule has 7 heteroatoms. The summed E-state index contributed by atoms with van der Waals surface area (Å²) in [7, 11) is 0. The third-order valence-electron chi connectivity index (χ3n) is 3.98. The number of nitrogens with one attached hydrogen (secondary N) is 1. The zero-order valence-electron chi connectivity index (χ0n) is 15.5. The Hall–Kier alpha value is -2.80. The lowest BCUT2D eigenvalue weighted by molar-refractivity contribution is -0.113. The van der Waals surface area contributed by atoms with E-state index in [1.807, 2.05) is 63.2 Å². The molecule has 6 nitrogen and oxygen atoms in total. The molecule has 1 heterocycles. The Morgan fingerprint density at radius 2 is 1.96 bits per heavy atom. The summed E-state index contributed by atoms with van der Waals surface area (Å²) in [4.78, 5) is 12.0. The lowest BCUT2D eigenvalue weighted by Crippen LogP contribution is -2.13. The largest absolute Gasteiger partial charge is 0.484 e. The van der Waals surface area contributed by atoms with Crippen LogP contribution in [0.1, 0.15) is 22.6 Å². The minimum atomic E-state index is -0.128. The van der Waals surface area contributed by atoms with Crippen molar-refractivity contribution < 1.29 is 13.9 Å². The number of carbonyl (C=O) groups is 1. The molecule has 0 spiro atoms. The van der Waals surface area contributed by atoms with Crippen molar-refractivity contribution in [3.63, 3.8) is 0 Å². The molecule has 140 valence electrons. The lowest BCUT2D eigenvalue weighted by Gasteiger charge is -2.08. The smallest absolute Gasteiger partial charge is 0.277 e. The summed E-state index contributed by atoms with van der Waals surface area (Å²) in [5, 5.41) is 11.1. The van der Waals surface area contributed by atoms with Crippen LogP contribution >= 0.6 is 11.8 Å². The monoisotopic (exact) mass is 383 g/mol. The number of ether oxygens (including phenoxy) is 1. The Morgan fingerprint density at radius 1 is 1.15 bits per heavy atom. The molecule has 2 aromatic carbocycles. The highest BCUT2D eigenvalue weighted by Crippen LogP contribution is 2.22. The molecule has 3 aromatic rings. The molecule has 0 atom stereocenters. The van der Waals surface area contributed by atoms with E-state index in [1.54, 1.807) is 0 Å². The zero-order chi connectivity index (χ0) is 19.2. The van der Waals surface area contributed by atoms with Gasteiger partial charge in [0.05, 0.1) is 5.75 Å². The van der Waals surface area contributed by atoms with E-state index < -0.39 is 0 Å². The summed E-state index contributed by atoms with van der Waals surface area (Å²) in [6, 6.07) is 13.5. The highest BCUT2D eigenvalue weighted by molar-refractivity contribution is 7.99. The Balaban J connectivity index is 1.49. The molecule has 27 heavy (non-hydrogen) atoms. The van der Waals surface area contributed by atoms with Crippen molar-refractivity contribution in [3.8, 4) is 5.75 Å². The average Bonchev–Trinajstić information content (AvgIpc) is 3.09. The van der Waals surface area contributed by atoms with Gasteiger partial charge in [0, 0.05) is 5.69 Å². The van der Waals surface area contributed by atoms with Crippen LogP contribution in [0.2, 0.25) is 0 Å². The third kappa shape index (κ3) is 5.34. The number of hydrogen-bond donors (Lipinski definition) is 1. The molecule has 0 aliphatic rings. The van der Waals surface area contributed by atoms with Gasteiger partial charge in [-0.05, 0) is 55.7 Å². The summed E-state index contributed by atoms with van der Waals surface area (Å²) in [5.41, 5.74) is 4.10. The first-order valence-corrected chi connectivity index (χ1v) is 9.50. The van der Waals surface area contributed by atoms with Crippen molar-refractivity contribution in [2.45, 2.75) is 32.6 Å². The molecule has 3 rings (SSSR count). The second kappa shape index (κ2) is 8.73. The van der Waals surface area contributed by atoms with Gasteiger partial charge in [-0.2, -0.15) is 0 Å². The van der Waals surface area contributed by atoms with Crippen LogP contribution < -0.4 is 10.1 Å². The number of anilines is 1. The maximum Gasteiger partial charge on any atom is 0.277 e. The summed E-state index contributed by atoms with van der Waals surface area (Å²) in [6.45, 7) is 6.20. The quantitative estimate of drug-likeness (QED) is 0.613. The van der Waals surface area contributed by atoms with Gasteiger partial charge in [-0.15, -0.1) is 10.2 Å². The minimum Gasteiger partial charge on any atom is -0.484 e.